The van der Waals surface area contributed by atoms with E-state index in [2.05, 4.69) is 15.5 Å². The number of halogens is 1. The third-order valence-corrected chi connectivity index (χ3v) is 5.46. The Bertz CT molecular complexity index is 1410. The van der Waals surface area contributed by atoms with E-state index in [-0.39, 0.29) is 17.7 Å². The van der Waals surface area contributed by atoms with Gasteiger partial charge < -0.3 is 0 Å². The fourth-order valence-electron chi connectivity index (χ4n) is 3.30. The first kappa shape index (κ1) is 20.6. The van der Waals surface area contributed by atoms with Crippen LogP contribution in [0.25, 0.3) is 11.2 Å². The summed E-state index contributed by atoms with van der Waals surface area (Å²) in [5.41, 5.74) is 5.47. The molecule has 0 saturated carbocycles. The Balaban J connectivity index is 1.83. The molecule has 0 radical (unpaired) electrons. The number of anilines is 1. The molecule has 1 N–H and O–H groups in total. The molecule has 2 aromatic carbocycles. The lowest BCUT2D eigenvalue weighted by molar-refractivity contribution is 0.702. The van der Waals surface area contributed by atoms with Gasteiger partial charge in [-0.15, -0.1) is 0 Å². The van der Waals surface area contributed by atoms with Gasteiger partial charge in [0.15, 0.2) is 11.2 Å². The Morgan fingerprint density at radius 2 is 1.77 bits per heavy atom. The topological polar surface area (TPSA) is 86.2 Å². The maximum atomic E-state index is 12.9. The molecule has 2 aromatic heterocycles. The summed E-state index contributed by atoms with van der Waals surface area (Å²) in [7, 11) is 3.02. The molecule has 0 bridgehead atoms. The fourth-order valence-corrected chi connectivity index (χ4v) is 3.50. The third-order valence-electron chi connectivity index (χ3n) is 5.09. The highest BCUT2D eigenvalue weighted by atomic mass is 35.5. The number of aromatic nitrogens is 4. The number of hydrogen-bond acceptors (Lipinski definition) is 5. The van der Waals surface area contributed by atoms with Gasteiger partial charge in [0.05, 0.1) is 12.8 Å². The zero-order chi connectivity index (χ0) is 22.1. The van der Waals surface area contributed by atoms with E-state index >= 15 is 0 Å². The second kappa shape index (κ2) is 8.23. The van der Waals surface area contributed by atoms with Crippen molar-refractivity contribution in [1.82, 2.24) is 18.7 Å². The standard InChI is InChI=1S/C22H21ClN6O2/c1-14-8-10-15(11-9-14)12-24-26-21-25-19-18(20(30)28(3)22(31)27(19)2)29(21)13-16-6-4-5-7-17(16)23/h4-12H,13H2,1-3H3,(H,25,26). The van der Waals surface area contributed by atoms with Crippen LogP contribution < -0.4 is 16.7 Å². The smallest absolute Gasteiger partial charge is 0.298 e. The van der Waals surface area contributed by atoms with Gasteiger partial charge in [-0.2, -0.15) is 10.1 Å². The molecule has 31 heavy (non-hydrogen) atoms. The number of rotatable bonds is 5. The summed E-state index contributed by atoms with van der Waals surface area (Å²) >= 11 is 6.35. The van der Waals surface area contributed by atoms with E-state index in [0.717, 1.165) is 21.3 Å². The highest BCUT2D eigenvalue weighted by Crippen LogP contribution is 2.22. The van der Waals surface area contributed by atoms with Crippen molar-refractivity contribution in [2.45, 2.75) is 13.5 Å². The zero-order valence-electron chi connectivity index (χ0n) is 17.3. The Morgan fingerprint density at radius 1 is 1.06 bits per heavy atom. The molecule has 4 rings (SSSR count). The molecule has 0 saturated heterocycles. The van der Waals surface area contributed by atoms with Crippen molar-refractivity contribution in [3.63, 3.8) is 0 Å². The van der Waals surface area contributed by atoms with Crippen molar-refractivity contribution in [3.8, 4) is 0 Å². The van der Waals surface area contributed by atoms with Crippen LogP contribution in [0.5, 0.6) is 0 Å². The average molecular weight is 437 g/mol. The summed E-state index contributed by atoms with van der Waals surface area (Å²) in [4.78, 5) is 29.8. The van der Waals surface area contributed by atoms with Gasteiger partial charge in [0.2, 0.25) is 5.95 Å². The summed E-state index contributed by atoms with van der Waals surface area (Å²) in [6.45, 7) is 2.30. The van der Waals surface area contributed by atoms with Crippen LogP contribution in [0.2, 0.25) is 5.02 Å². The maximum Gasteiger partial charge on any atom is 0.332 e. The molecule has 0 atom stereocenters. The fraction of sp³-hybridized carbons (Fsp3) is 0.182. The van der Waals surface area contributed by atoms with Crippen LogP contribution in [0.3, 0.4) is 0 Å². The lowest BCUT2D eigenvalue weighted by atomic mass is 10.2. The summed E-state index contributed by atoms with van der Waals surface area (Å²) in [6, 6.07) is 15.3. The van der Waals surface area contributed by atoms with E-state index < -0.39 is 11.2 Å². The van der Waals surface area contributed by atoms with Crippen molar-refractivity contribution in [2.75, 3.05) is 5.43 Å². The van der Waals surface area contributed by atoms with E-state index in [9.17, 15) is 9.59 Å². The van der Waals surface area contributed by atoms with Crippen molar-refractivity contribution in [1.29, 1.82) is 0 Å². The van der Waals surface area contributed by atoms with Crippen LogP contribution in [0, 0.1) is 6.92 Å². The summed E-state index contributed by atoms with van der Waals surface area (Å²) < 4.78 is 4.09. The summed E-state index contributed by atoms with van der Waals surface area (Å²) in [5, 5.41) is 4.85. The van der Waals surface area contributed by atoms with Crippen LogP contribution in [0.15, 0.2) is 63.2 Å². The summed E-state index contributed by atoms with van der Waals surface area (Å²) in [6.07, 6.45) is 1.66. The first-order valence-electron chi connectivity index (χ1n) is 9.62. The molecule has 4 aromatic rings. The Hall–Kier alpha value is -3.65. The Kier molecular flexibility index (Phi) is 5.48. The molecule has 0 aliphatic carbocycles. The van der Waals surface area contributed by atoms with E-state index in [1.807, 2.05) is 49.4 Å². The van der Waals surface area contributed by atoms with Crippen molar-refractivity contribution in [2.24, 2.45) is 19.2 Å². The van der Waals surface area contributed by atoms with Crippen LogP contribution in [-0.2, 0) is 20.6 Å². The van der Waals surface area contributed by atoms with Crippen LogP contribution >= 0.6 is 11.6 Å². The Labute approximate surface area is 183 Å². The van der Waals surface area contributed by atoms with E-state index in [0.29, 0.717) is 11.0 Å². The molecule has 0 aliphatic heterocycles. The molecule has 0 fully saturated rings. The number of aryl methyl sites for hydroxylation is 2. The number of benzene rings is 2. The highest BCUT2D eigenvalue weighted by Gasteiger charge is 2.19. The predicted octanol–water partition coefficient (Wildman–Crippen LogP) is 2.89. The normalized spacial score (nSPS) is 11.5. The highest BCUT2D eigenvalue weighted by molar-refractivity contribution is 6.31. The third kappa shape index (κ3) is 3.89. The second-order valence-electron chi connectivity index (χ2n) is 7.27. The van der Waals surface area contributed by atoms with Gasteiger partial charge in [-0.25, -0.2) is 10.2 Å². The Morgan fingerprint density at radius 3 is 2.48 bits per heavy atom. The van der Waals surface area contributed by atoms with Crippen LogP contribution in [0.4, 0.5) is 5.95 Å². The van der Waals surface area contributed by atoms with Gasteiger partial charge >= 0.3 is 5.69 Å². The van der Waals surface area contributed by atoms with Gasteiger partial charge in [0, 0.05) is 19.1 Å². The molecule has 9 heteroatoms. The van der Waals surface area contributed by atoms with Crippen molar-refractivity contribution < 1.29 is 0 Å². The molecule has 0 aliphatic rings. The van der Waals surface area contributed by atoms with Gasteiger partial charge in [-0.05, 0) is 24.1 Å². The molecule has 0 spiro atoms. The first-order valence-corrected chi connectivity index (χ1v) is 10.00. The van der Waals surface area contributed by atoms with Crippen molar-refractivity contribution in [3.05, 3.63) is 91.1 Å². The van der Waals surface area contributed by atoms with Gasteiger partial charge in [0.25, 0.3) is 5.56 Å². The van der Waals surface area contributed by atoms with Crippen molar-refractivity contribution >= 4 is 34.9 Å². The number of hydrazone groups is 1. The number of imidazole rings is 1. The molecule has 8 nitrogen and oxygen atoms in total. The average Bonchev–Trinajstić information content (AvgIpc) is 3.12. The molecule has 0 unspecified atom stereocenters. The lowest BCUT2D eigenvalue weighted by Crippen LogP contribution is -2.37. The molecule has 0 amide bonds. The number of hydrogen-bond donors (Lipinski definition) is 1. The number of fused-ring (bicyclic) bond motifs is 1. The van der Waals surface area contributed by atoms with Crippen LogP contribution in [0.1, 0.15) is 16.7 Å². The monoisotopic (exact) mass is 436 g/mol. The van der Waals surface area contributed by atoms with E-state index in [1.54, 1.807) is 23.9 Å². The van der Waals surface area contributed by atoms with Crippen LogP contribution in [-0.4, -0.2) is 24.9 Å². The lowest BCUT2D eigenvalue weighted by Gasteiger charge is -2.10. The number of nitrogens with one attached hydrogen (secondary N) is 1. The minimum absolute atomic E-state index is 0.271. The van der Waals surface area contributed by atoms with E-state index in [1.165, 1.54) is 11.6 Å². The minimum atomic E-state index is -0.449. The number of nitrogens with zero attached hydrogens (tertiary/aromatic N) is 5. The maximum absolute atomic E-state index is 12.9. The quantitative estimate of drug-likeness (QED) is 0.385. The van der Waals surface area contributed by atoms with Gasteiger partial charge in [-0.3, -0.25) is 18.5 Å². The molecule has 2 heterocycles. The minimum Gasteiger partial charge on any atom is -0.298 e. The summed E-state index contributed by atoms with van der Waals surface area (Å²) in [5.74, 6) is 0.330. The zero-order valence-corrected chi connectivity index (χ0v) is 18.1. The second-order valence-corrected chi connectivity index (χ2v) is 7.68. The van der Waals surface area contributed by atoms with Gasteiger partial charge in [-0.1, -0.05) is 59.6 Å². The van der Waals surface area contributed by atoms with Gasteiger partial charge in [0.1, 0.15) is 0 Å². The molecular weight excluding hydrogens is 416 g/mol. The first-order chi connectivity index (χ1) is 14.9. The molecule has 158 valence electrons. The predicted molar refractivity (Wildman–Crippen MR) is 123 cm³/mol. The molecular formula is C22H21ClN6O2. The largest absolute Gasteiger partial charge is 0.332 e. The SMILES string of the molecule is Cc1ccc(C=NNc2nc3c(c(=O)n(C)c(=O)n3C)n2Cc2ccccc2Cl)cc1. The van der Waals surface area contributed by atoms with E-state index in [4.69, 9.17) is 11.6 Å².